The molecule has 1 N–H and O–H groups in total. The van der Waals surface area contributed by atoms with Gasteiger partial charge in [-0.15, -0.1) is 0 Å². The van der Waals surface area contributed by atoms with Crippen molar-refractivity contribution in [3.63, 3.8) is 0 Å². The van der Waals surface area contributed by atoms with Gasteiger partial charge in [0, 0.05) is 9.38 Å². The summed E-state index contributed by atoms with van der Waals surface area (Å²) >= 11 is 3.17. The van der Waals surface area contributed by atoms with Gasteiger partial charge in [0.05, 0.1) is 11.3 Å². The van der Waals surface area contributed by atoms with Gasteiger partial charge in [0.1, 0.15) is 0 Å². The minimum Gasteiger partial charge on any atom is -0.478 e. The van der Waals surface area contributed by atoms with Crippen molar-refractivity contribution in [2.75, 3.05) is 0 Å². The van der Waals surface area contributed by atoms with E-state index in [0.717, 1.165) is 5.56 Å². The number of carboxylic acids is 1. The highest BCUT2D eigenvalue weighted by molar-refractivity contribution is 9.10. The number of rotatable bonds is 2. The predicted molar refractivity (Wildman–Crippen MR) is 54.6 cm³/mol. The van der Waals surface area contributed by atoms with Crippen LogP contribution in [0.4, 0.5) is 5.69 Å². The van der Waals surface area contributed by atoms with Crippen LogP contribution in [-0.2, 0) is 0 Å². The van der Waals surface area contributed by atoms with Crippen molar-refractivity contribution in [3.8, 4) is 0 Å². The Kier molecular flexibility index (Phi) is 3.11. The lowest BCUT2D eigenvalue weighted by molar-refractivity contribution is 0.0698. The average molecular weight is 256 g/mol. The third-order valence-corrected chi connectivity index (χ3v) is 2.69. The van der Waals surface area contributed by atoms with Crippen LogP contribution in [0.25, 0.3) is 10.4 Å². The summed E-state index contributed by atoms with van der Waals surface area (Å²) in [6, 6.07) is 3.05. The molecular formula is C8H6BrN3O2. The van der Waals surface area contributed by atoms with Crippen LogP contribution in [0.5, 0.6) is 0 Å². The van der Waals surface area contributed by atoms with Crippen LogP contribution in [0.1, 0.15) is 15.9 Å². The number of hydrogen-bond acceptors (Lipinski definition) is 2. The van der Waals surface area contributed by atoms with Gasteiger partial charge in [0.15, 0.2) is 0 Å². The van der Waals surface area contributed by atoms with Crippen LogP contribution in [0.3, 0.4) is 0 Å². The third kappa shape index (κ3) is 1.86. The van der Waals surface area contributed by atoms with Gasteiger partial charge in [-0.2, -0.15) is 0 Å². The monoisotopic (exact) mass is 255 g/mol. The van der Waals surface area contributed by atoms with Gasteiger partial charge in [-0.3, -0.25) is 0 Å². The predicted octanol–water partition coefficient (Wildman–Crippen LogP) is 3.40. The summed E-state index contributed by atoms with van der Waals surface area (Å²) < 4.78 is 0.509. The van der Waals surface area contributed by atoms with E-state index in [2.05, 4.69) is 26.0 Å². The number of aryl methyl sites for hydroxylation is 1. The first kappa shape index (κ1) is 10.6. The molecule has 0 amide bonds. The number of azide groups is 1. The largest absolute Gasteiger partial charge is 0.478 e. The molecule has 6 heteroatoms. The van der Waals surface area contributed by atoms with Crippen molar-refractivity contribution < 1.29 is 9.90 Å². The van der Waals surface area contributed by atoms with Crippen molar-refractivity contribution in [1.29, 1.82) is 0 Å². The van der Waals surface area contributed by atoms with Gasteiger partial charge in [-0.05, 0) is 24.1 Å². The number of nitrogens with zero attached hydrogens (tertiary/aromatic N) is 3. The molecule has 0 unspecified atom stereocenters. The molecule has 0 aliphatic carbocycles. The van der Waals surface area contributed by atoms with E-state index in [4.69, 9.17) is 10.6 Å². The lowest BCUT2D eigenvalue weighted by atomic mass is 10.1. The van der Waals surface area contributed by atoms with Crippen LogP contribution in [0.2, 0.25) is 0 Å². The van der Waals surface area contributed by atoms with E-state index in [0.29, 0.717) is 4.47 Å². The van der Waals surface area contributed by atoms with Crippen LogP contribution >= 0.6 is 15.9 Å². The topological polar surface area (TPSA) is 86.1 Å². The standard InChI is InChI=1S/C8H6BrN3O2/c1-4-2-3-5(8(13)14)7(6(4)9)11-12-10/h2-3H,1H3,(H,13,14). The SMILES string of the molecule is Cc1ccc(C(=O)O)c(N=[N+]=[N-])c1Br. The van der Waals surface area contributed by atoms with Crippen molar-refractivity contribution in [2.45, 2.75) is 6.92 Å². The van der Waals surface area contributed by atoms with Crippen LogP contribution in [0.15, 0.2) is 21.7 Å². The molecule has 0 aliphatic rings. The fourth-order valence-corrected chi connectivity index (χ4v) is 1.41. The van der Waals surface area contributed by atoms with Gasteiger partial charge >= 0.3 is 5.97 Å². The van der Waals surface area contributed by atoms with Crippen molar-refractivity contribution >= 4 is 27.6 Å². The fraction of sp³-hybridized carbons (Fsp3) is 0.125. The molecule has 14 heavy (non-hydrogen) atoms. The number of carboxylic acid groups (broad SMARTS) is 1. The minimum absolute atomic E-state index is 0.0136. The van der Waals surface area contributed by atoms with E-state index in [-0.39, 0.29) is 11.3 Å². The molecule has 0 heterocycles. The van der Waals surface area contributed by atoms with Crippen molar-refractivity contribution in [2.24, 2.45) is 5.11 Å². The number of aromatic carboxylic acids is 1. The maximum absolute atomic E-state index is 10.8. The second-order valence-corrected chi connectivity index (χ2v) is 3.38. The van der Waals surface area contributed by atoms with Crippen molar-refractivity contribution in [3.05, 3.63) is 38.2 Å². The maximum atomic E-state index is 10.8. The average Bonchev–Trinajstić information content (AvgIpc) is 2.13. The Morgan fingerprint density at radius 2 is 2.29 bits per heavy atom. The van der Waals surface area contributed by atoms with Gasteiger partial charge in [-0.1, -0.05) is 27.1 Å². The third-order valence-electron chi connectivity index (χ3n) is 1.68. The van der Waals surface area contributed by atoms with E-state index in [1.807, 2.05) is 0 Å². The Morgan fingerprint density at radius 3 is 2.79 bits per heavy atom. The lowest BCUT2D eigenvalue weighted by Crippen LogP contribution is -1.97. The second-order valence-electron chi connectivity index (χ2n) is 2.59. The Balaban J connectivity index is 3.52. The van der Waals surface area contributed by atoms with E-state index in [1.54, 1.807) is 13.0 Å². The molecule has 0 spiro atoms. The van der Waals surface area contributed by atoms with E-state index in [9.17, 15) is 4.79 Å². The molecule has 72 valence electrons. The second kappa shape index (κ2) is 4.13. The molecule has 0 aliphatic heterocycles. The zero-order valence-electron chi connectivity index (χ0n) is 7.23. The molecule has 0 saturated carbocycles. The summed E-state index contributed by atoms with van der Waals surface area (Å²) in [4.78, 5) is 13.3. The molecule has 1 rings (SSSR count). The van der Waals surface area contributed by atoms with Crippen LogP contribution in [-0.4, -0.2) is 11.1 Å². The molecule has 1 aromatic rings. The molecule has 5 nitrogen and oxygen atoms in total. The summed E-state index contributed by atoms with van der Waals surface area (Å²) in [5.41, 5.74) is 9.20. The Morgan fingerprint density at radius 1 is 1.64 bits per heavy atom. The van der Waals surface area contributed by atoms with Crippen molar-refractivity contribution in [1.82, 2.24) is 0 Å². The smallest absolute Gasteiger partial charge is 0.336 e. The summed E-state index contributed by atoms with van der Waals surface area (Å²) in [7, 11) is 0. The first-order valence-electron chi connectivity index (χ1n) is 3.65. The summed E-state index contributed by atoms with van der Waals surface area (Å²) in [6.07, 6.45) is 0. The number of carbonyl (C=O) groups is 1. The van der Waals surface area contributed by atoms with E-state index >= 15 is 0 Å². The van der Waals surface area contributed by atoms with Crippen LogP contribution < -0.4 is 0 Å². The van der Waals surface area contributed by atoms with E-state index in [1.165, 1.54) is 6.07 Å². The Labute approximate surface area is 88.1 Å². The van der Waals surface area contributed by atoms with Crippen LogP contribution in [0, 0.1) is 6.92 Å². The normalized spacial score (nSPS) is 9.29. The van der Waals surface area contributed by atoms with E-state index < -0.39 is 5.97 Å². The number of halogens is 1. The van der Waals surface area contributed by atoms with Gasteiger partial charge < -0.3 is 5.11 Å². The highest BCUT2D eigenvalue weighted by atomic mass is 79.9. The molecule has 0 fully saturated rings. The number of hydrogen-bond donors (Lipinski definition) is 1. The summed E-state index contributed by atoms with van der Waals surface area (Å²) in [6.45, 7) is 1.78. The Bertz CT molecular complexity index is 438. The Hall–Kier alpha value is -1.52. The first-order chi connectivity index (χ1) is 6.57. The van der Waals surface area contributed by atoms with Gasteiger partial charge in [0.2, 0.25) is 0 Å². The molecular weight excluding hydrogens is 250 g/mol. The maximum Gasteiger partial charge on any atom is 0.336 e. The molecule has 0 atom stereocenters. The minimum atomic E-state index is -1.12. The first-order valence-corrected chi connectivity index (χ1v) is 4.44. The summed E-state index contributed by atoms with van der Waals surface area (Å²) in [5, 5.41) is 12.1. The highest BCUT2D eigenvalue weighted by Gasteiger charge is 2.12. The zero-order valence-corrected chi connectivity index (χ0v) is 8.82. The zero-order chi connectivity index (χ0) is 10.7. The van der Waals surface area contributed by atoms with Gasteiger partial charge in [-0.25, -0.2) is 4.79 Å². The number of benzene rings is 1. The molecule has 0 aromatic heterocycles. The fourth-order valence-electron chi connectivity index (χ4n) is 0.980. The molecule has 1 aromatic carbocycles. The molecule has 0 saturated heterocycles. The quantitative estimate of drug-likeness (QED) is 0.499. The highest BCUT2D eigenvalue weighted by Crippen LogP contribution is 2.32. The lowest BCUT2D eigenvalue weighted by Gasteiger charge is -2.05. The summed E-state index contributed by atoms with van der Waals surface area (Å²) in [5.74, 6) is -1.12. The molecule has 0 radical (unpaired) electrons. The van der Waals surface area contributed by atoms with Gasteiger partial charge in [0.25, 0.3) is 0 Å². The molecule has 0 bridgehead atoms.